The average molecular weight is 420 g/mol. The Morgan fingerprint density at radius 2 is 2.04 bits per heavy atom. The summed E-state index contributed by atoms with van der Waals surface area (Å²) in [5.74, 6) is 0.633. The van der Waals surface area contributed by atoms with Gasteiger partial charge in [-0.05, 0) is 30.3 Å². The van der Waals surface area contributed by atoms with Gasteiger partial charge in [0.15, 0.2) is 11.0 Å². The van der Waals surface area contributed by atoms with Crippen LogP contribution >= 0.6 is 35.0 Å². The van der Waals surface area contributed by atoms with E-state index < -0.39 is 0 Å². The summed E-state index contributed by atoms with van der Waals surface area (Å²) in [7, 11) is 0. The van der Waals surface area contributed by atoms with Crippen LogP contribution in [0.2, 0.25) is 10.0 Å². The van der Waals surface area contributed by atoms with Gasteiger partial charge in [0.1, 0.15) is 0 Å². The number of amides is 1. The number of hydrogen-bond acceptors (Lipinski definition) is 5. The lowest BCUT2D eigenvalue weighted by Gasteiger charge is -2.08. The fourth-order valence-electron chi connectivity index (χ4n) is 2.35. The lowest BCUT2D eigenvalue weighted by atomic mass is 10.3. The van der Waals surface area contributed by atoms with Gasteiger partial charge in [-0.3, -0.25) is 14.3 Å². The molecule has 0 saturated heterocycles. The molecular weight excluding hydrogens is 405 g/mol. The van der Waals surface area contributed by atoms with Crippen LogP contribution in [0.5, 0.6) is 0 Å². The number of halogens is 2. The maximum absolute atomic E-state index is 12.2. The van der Waals surface area contributed by atoms with E-state index in [1.165, 1.54) is 11.8 Å². The van der Waals surface area contributed by atoms with Gasteiger partial charge in [-0.15, -0.1) is 16.8 Å². The summed E-state index contributed by atoms with van der Waals surface area (Å²) in [4.78, 5) is 16.4. The predicted octanol–water partition coefficient (Wildman–Crippen LogP) is 4.56. The highest BCUT2D eigenvalue weighted by Gasteiger charge is 2.15. The molecule has 0 aliphatic rings. The molecule has 0 saturated carbocycles. The molecule has 0 spiro atoms. The first-order chi connectivity index (χ1) is 13.1. The quantitative estimate of drug-likeness (QED) is 0.448. The van der Waals surface area contributed by atoms with E-state index in [0.29, 0.717) is 33.3 Å². The van der Waals surface area contributed by atoms with Crippen molar-refractivity contribution < 1.29 is 4.79 Å². The number of pyridine rings is 1. The Morgan fingerprint density at radius 1 is 1.26 bits per heavy atom. The lowest BCUT2D eigenvalue weighted by molar-refractivity contribution is -0.113. The minimum Gasteiger partial charge on any atom is -0.325 e. The van der Waals surface area contributed by atoms with Crippen molar-refractivity contribution in [3.8, 4) is 11.4 Å². The molecule has 0 atom stereocenters. The highest BCUT2D eigenvalue weighted by Crippen LogP contribution is 2.25. The molecular formula is C18H15Cl2N5OS. The van der Waals surface area contributed by atoms with Crippen molar-refractivity contribution in [2.45, 2.75) is 11.7 Å². The number of nitrogens with zero attached hydrogens (tertiary/aromatic N) is 4. The molecule has 3 aromatic rings. The van der Waals surface area contributed by atoms with Crippen LogP contribution in [0.3, 0.4) is 0 Å². The molecule has 1 N–H and O–H groups in total. The van der Waals surface area contributed by atoms with Crippen LogP contribution < -0.4 is 5.32 Å². The highest BCUT2D eigenvalue weighted by molar-refractivity contribution is 7.99. The van der Waals surface area contributed by atoms with Crippen molar-refractivity contribution in [1.82, 2.24) is 19.7 Å². The summed E-state index contributed by atoms with van der Waals surface area (Å²) in [6.45, 7) is 4.29. The van der Waals surface area contributed by atoms with Crippen molar-refractivity contribution in [2.24, 2.45) is 0 Å². The number of allylic oxidation sites excluding steroid dienone is 1. The summed E-state index contributed by atoms with van der Waals surface area (Å²) < 4.78 is 1.89. The summed E-state index contributed by atoms with van der Waals surface area (Å²) >= 11 is 13.2. The van der Waals surface area contributed by atoms with E-state index >= 15 is 0 Å². The Hall–Kier alpha value is -2.35. The molecule has 2 heterocycles. The monoisotopic (exact) mass is 419 g/mol. The van der Waals surface area contributed by atoms with Crippen LogP contribution in [-0.4, -0.2) is 31.4 Å². The van der Waals surface area contributed by atoms with Crippen LogP contribution in [0.25, 0.3) is 11.4 Å². The van der Waals surface area contributed by atoms with Gasteiger partial charge in [-0.25, -0.2) is 0 Å². The number of anilines is 1. The zero-order valence-corrected chi connectivity index (χ0v) is 16.4. The zero-order valence-electron chi connectivity index (χ0n) is 14.1. The second kappa shape index (κ2) is 9.03. The molecule has 1 aromatic carbocycles. The Kier molecular flexibility index (Phi) is 6.49. The highest BCUT2D eigenvalue weighted by atomic mass is 35.5. The topological polar surface area (TPSA) is 72.7 Å². The van der Waals surface area contributed by atoms with Crippen molar-refractivity contribution in [3.63, 3.8) is 0 Å². The Morgan fingerprint density at radius 3 is 2.70 bits per heavy atom. The Bertz CT molecular complexity index is 941. The number of carbonyl (C=O) groups excluding carboxylic acids is 1. The maximum atomic E-state index is 12.2. The summed E-state index contributed by atoms with van der Waals surface area (Å²) in [5, 5.41) is 12.7. The van der Waals surface area contributed by atoms with E-state index in [4.69, 9.17) is 23.2 Å². The van der Waals surface area contributed by atoms with E-state index in [1.54, 1.807) is 36.7 Å². The van der Waals surface area contributed by atoms with Crippen molar-refractivity contribution >= 4 is 46.6 Å². The molecule has 0 bridgehead atoms. The first-order valence-corrected chi connectivity index (χ1v) is 9.64. The second-order valence-corrected chi connectivity index (χ2v) is 7.26. The number of aromatic nitrogens is 4. The fourth-order valence-corrected chi connectivity index (χ4v) is 3.62. The van der Waals surface area contributed by atoms with Gasteiger partial charge in [0.2, 0.25) is 5.91 Å². The Labute approximate surface area is 170 Å². The molecule has 9 heteroatoms. The number of benzene rings is 1. The molecule has 27 heavy (non-hydrogen) atoms. The SMILES string of the molecule is C=CCn1c(SCC(=O)Nc2cc(Cl)cc(Cl)c2)nnc1-c1cccnc1. The molecule has 0 radical (unpaired) electrons. The van der Waals surface area contributed by atoms with Crippen molar-refractivity contribution in [1.29, 1.82) is 0 Å². The number of nitrogens with one attached hydrogen (secondary N) is 1. The molecule has 0 aliphatic carbocycles. The van der Waals surface area contributed by atoms with Crippen LogP contribution in [-0.2, 0) is 11.3 Å². The third-order valence-corrected chi connectivity index (χ3v) is 4.83. The number of carbonyl (C=O) groups is 1. The van der Waals surface area contributed by atoms with E-state index in [2.05, 4.69) is 27.1 Å². The number of rotatable bonds is 7. The number of hydrogen-bond donors (Lipinski definition) is 1. The molecule has 1 amide bonds. The van der Waals surface area contributed by atoms with E-state index in [0.717, 1.165) is 5.56 Å². The molecule has 0 unspecified atom stereocenters. The van der Waals surface area contributed by atoms with E-state index in [-0.39, 0.29) is 11.7 Å². The molecule has 6 nitrogen and oxygen atoms in total. The molecule has 2 aromatic heterocycles. The third kappa shape index (κ3) is 5.09. The fraction of sp³-hybridized carbons (Fsp3) is 0.111. The second-order valence-electron chi connectivity index (χ2n) is 5.44. The Balaban J connectivity index is 1.71. The molecule has 0 aliphatic heterocycles. The smallest absolute Gasteiger partial charge is 0.234 e. The standard InChI is InChI=1S/C18H15Cl2N5OS/c1-2-6-25-17(12-4-3-5-21-10-12)23-24-18(25)27-11-16(26)22-15-8-13(19)7-14(20)9-15/h2-5,7-10H,1,6,11H2,(H,22,26). The van der Waals surface area contributed by atoms with Gasteiger partial charge in [0.25, 0.3) is 0 Å². The van der Waals surface area contributed by atoms with Crippen molar-refractivity contribution in [2.75, 3.05) is 11.1 Å². The first kappa shape index (κ1) is 19.4. The van der Waals surface area contributed by atoms with Gasteiger partial charge < -0.3 is 5.32 Å². The lowest BCUT2D eigenvalue weighted by Crippen LogP contribution is -2.14. The van der Waals surface area contributed by atoms with Gasteiger partial charge >= 0.3 is 0 Å². The van der Waals surface area contributed by atoms with Crippen molar-refractivity contribution in [3.05, 3.63) is 65.4 Å². The van der Waals surface area contributed by atoms with Gasteiger partial charge in [-0.1, -0.05) is 41.0 Å². The minimum atomic E-state index is -0.200. The normalized spacial score (nSPS) is 10.6. The van der Waals surface area contributed by atoms with Crippen LogP contribution in [0.15, 0.2) is 60.5 Å². The summed E-state index contributed by atoms with van der Waals surface area (Å²) in [6, 6.07) is 8.61. The predicted molar refractivity (Wildman–Crippen MR) is 109 cm³/mol. The van der Waals surface area contributed by atoms with Crippen LogP contribution in [0.1, 0.15) is 0 Å². The number of thioether (sulfide) groups is 1. The van der Waals surface area contributed by atoms with Gasteiger partial charge in [0.05, 0.1) is 5.75 Å². The summed E-state index contributed by atoms with van der Waals surface area (Å²) in [5.41, 5.74) is 1.39. The minimum absolute atomic E-state index is 0.159. The molecule has 3 rings (SSSR count). The van der Waals surface area contributed by atoms with Gasteiger partial charge in [0, 0.05) is 40.2 Å². The zero-order chi connectivity index (χ0) is 19.2. The largest absolute Gasteiger partial charge is 0.325 e. The molecule has 138 valence electrons. The first-order valence-electron chi connectivity index (χ1n) is 7.90. The molecule has 0 fully saturated rings. The maximum Gasteiger partial charge on any atom is 0.234 e. The third-order valence-electron chi connectivity index (χ3n) is 3.43. The van der Waals surface area contributed by atoms with Gasteiger partial charge in [-0.2, -0.15) is 0 Å². The van der Waals surface area contributed by atoms with Crippen LogP contribution in [0, 0.1) is 0 Å². The summed E-state index contributed by atoms with van der Waals surface area (Å²) in [6.07, 6.45) is 5.16. The van der Waals surface area contributed by atoms with E-state index in [9.17, 15) is 4.79 Å². The average Bonchev–Trinajstić information content (AvgIpc) is 3.03. The van der Waals surface area contributed by atoms with E-state index in [1.807, 2.05) is 16.7 Å². The van der Waals surface area contributed by atoms with Crippen LogP contribution in [0.4, 0.5) is 5.69 Å².